The molecule has 1 amide bonds. The molecule has 0 spiro atoms. The molecule has 7 nitrogen and oxygen atoms in total. The third-order valence-electron chi connectivity index (χ3n) is 2.59. The molecule has 2 rings (SSSR count). The molecule has 2 aromatic rings. The van der Waals surface area contributed by atoms with E-state index in [4.69, 9.17) is 10.5 Å². The fraction of sp³-hybridized carbons (Fsp3) is 0.250. The highest BCUT2D eigenvalue weighted by atomic mass is 16.5. The molecule has 3 N–H and O–H groups in total. The van der Waals surface area contributed by atoms with Crippen LogP contribution in [0.3, 0.4) is 0 Å². The van der Waals surface area contributed by atoms with Crippen LogP contribution in [0, 0.1) is 0 Å². The average Bonchev–Trinajstić information content (AvgIpc) is 2.91. The van der Waals surface area contributed by atoms with Gasteiger partial charge in [0.2, 0.25) is 0 Å². The van der Waals surface area contributed by atoms with Gasteiger partial charge in [-0.2, -0.15) is 0 Å². The lowest BCUT2D eigenvalue weighted by Crippen LogP contribution is -2.27. The number of hydrogen-bond donors (Lipinski definition) is 2. The van der Waals surface area contributed by atoms with Crippen molar-refractivity contribution < 1.29 is 9.53 Å². The van der Waals surface area contributed by atoms with Crippen molar-refractivity contribution in [1.29, 1.82) is 0 Å². The lowest BCUT2D eigenvalue weighted by molar-refractivity contribution is 0.0952. The minimum atomic E-state index is -0.186. The predicted molar refractivity (Wildman–Crippen MR) is 69.8 cm³/mol. The second kappa shape index (κ2) is 5.85. The second-order valence-electron chi connectivity index (χ2n) is 3.88. The molecule has 0 atom stereocenters. The third-order valence-corrected chi connectivity index (χ3v) is 2.59. The van der Waals surface area contributed by atoms with Crippen molar-refractivity contribution in [3.63, 3.8) is 0 Å². The Morgan fingerprint density at radius 2 is 2.37 bits per heavy atom. The first kappa shape index (κ1) is 12.9. The van der Waals surface area contributed by atoms with E-state index in [2.05, 4.69) is 15.6 Å². The molecule has 1 aromatic heterocycles. The van der Waals surface area contributed by atoms with Crippen LogP contribution in [0.25, 0.3) is 0 Å². The highest BCUT2D eigenvalue weighted by Gasteiger charge is 2.07. The molecule has 0 saturated carbocycles. The molecule has 0 aliphatic rings. The fourth-order valence-corrected chi connectivity index (χ4v) is 1.61. The van der Waals surface area contributed by atoms with Crippen molar-refractivity contribution in [3.8, 4) is 5.75 Å². The molecule has 7 heteroatoms. The van der Waals surface area contributed by atoms with E-state index in [-0.39, 0.29) is 5.91 Å². The standard InChI is InChI=1S/C12H15N5O2/c1-19-11-3-2-9(8-10(11)13)12(18)14-4-6-17-7-5-15-16-17/h2-3,5,7-8H,4,6,13H2,1H3,(H,14,18). The van der Waals surface area contributed by atoms with E-state index in [0.717, 1.165) is 0 Å². The average molecular weight is 261 g/mol. The molecule has 0 unspecified atom stereocenters. The molecule has 0 aliphatic carbocycles. The summed E-state index contributed by atoms with van der Waals surface area (Å²) in [5.41, 5.74) is 6.68. The maximum atomic E-state index is 11.9. The van der Waals surface area contributed by atoms with Gasteiger partial charge < -0.3 is 15.8 Å². The van der Waals surface area contributed by atoms with Gasteiger partial charge in [-0.15, -0.1) is 5.10 Å². The highest BCUT2D eigenvalue weighted by molar-refractivity contribution is 5.95. The van der Waals surface area contributed by atoms with Gasteiger partial charge in [-0.25, -0.2) is 0 Å². The lowest BCUT2D eigenvalue weighted by Gasteiger charge is -2.08. The van der Waals surface area contributed by atoms with Gasteiger partial charge in [-0.05, 0) is 18.2 Å². The molecule has 100 valence electrons. The van der Waals surface area contributed by atoms with Crippen molar-refractivity contribution in [2.24, 2.45) is 0 Å². The maximum Gasteiger partial charge on any atom is 0.251 e. The summed E-state index contributed by atoms with van der Waals surface area (Å²) in [6.45, 7) is 1.03. The summed E-state index contributed by atoms with van der Waals surface area (Å²) in [5.74, 6) is 0.369. The van der Waals surface area contributed by atoms with Crippen molar-refractivity contribution in [2.45, 2.75) is 6.54 Å². The molecule has 0 bridgehead atoms. The van der Waals surface area contributed by atoms with Crippen molar-refractivity contribution in [2.75, 3.05) is 19.4 Å². The maximum absolute atomic E-state index is 11.9. The molecular weight excluding hydrogens is 246 g/mol. The molecule has 0 radical (unpaired) electrons. The number of nitrogens with one attached hydrogen (secondary N) is 1. The summed E-state index contributed by atoms with van der Waals surface area (Å²) in [4.78, 5) is 11.9. The van der Waals surface area contributed by atoms with Gasteiger partial charge in [0.1, 0.15) is 5.75 Å². The van der Waals surface area contributed by atoms with Crippen LogP contribution in [0.5, 0.6) is 5.75 Å². The van der Waals surface area contributed by atoms with Gasteiger partial charge >= 0.3 is 0 Å². The zero-order chi connectivity index (χ0) is 13.7. The summed E-state index contributed by atoms with van der Waals surface area (Å²) >= 11 is 0. The number of carbonyl (C=O) groups excluding carboxylic acids is 1. The smallest absolute Gasteiger partial charge is 0.251 e. The summed E-state index contributed by atoms with van der Waals surface area (Å²) in [7, 11) is 1.53. The van der Waals surface area contributed by atoms with Gasteiger partial charge in [0.25, 0.3) is 5.91 Å². The van der Waals surface area contributed by atoms with Gasteiger partial charge in [0.15, 0.2) is 0 Å². The van der Waals surface area contributed by atoms with Crippen molar-refractivity contribution in [3.05, 3.63) is 36.2 Å². The quantitative estimate of drug-likeness (QED) is 0.755. The largest absolute Gasteiger partial charge is 0.495 e. The molecule has 19 heavy (non-hydrogen) atoms. The zero-order valence-electron chi connectivity index (χ0n) is 10.5. The van der Waals surface area contributed by atoms with Crippen molar-refractivity contribution >= 4 is 11.6 Å². The number of ether oxygens (including phenoxy) is 1. The molecule has 1 heterocycles. The summed E-state index contributed by atoms with van der Waals surface area (Å²) in [6.07, 6.45) is 3.32. The Morgan fingerprint density at radius 1 is 1.53 bits per heavy atom. The first-order valence-electron chi connectivity index (χ1n) is 5.76. The molecular formula is C12H15N5O2. The fourth-order valence-electron chi connectivity index (χ4n) is 1.61. The number of rotatable bonds is 5. The topological polar surface area (TPSA) is 95.1 Å². The Hall–Kier alpha value is -2.57. The number of nitrogens with zero attached hydrogens (tertiary/aromatic N) is 3. The van der Waals surface area contributed by atoms with E-state index in [9.17, 15) is 4.79 Å². The third kappa shape index (κ3) is 3.21. The monoisotopic (exact) mass is 261 g/mol. The van der Waals surface area contributed by atoms with Gasteiger partial charge in [-0.3, -0.25) is 9.48 Å². The Morgan fingerprint density at radius 3 is 3.00 bits per heavy atom. The summed E-state index contributed by atoms with van der Waals surface area (Å²) in [6, 6.07) is 4.92. The number of carbonyl (C=O) groups is 1. The minimum Gasteiger partial charge on any atom is -0.495 e. The molecule has 1 aromatic carbocycles. The number of hydrogen-bond acceptors (Lipinski definition) is 5. The van der Waals surface area contributed by atoms with E-state index in [1.54, 1.807) is 35.3 Å². The SMILES string of the molecule is COc1ccc(C(=O)NCCn2ccnn2)cc1N. The number of amides is 1. The van der Waals surface area contributed by atoms with E-state index < -0.39 is 0 Å². The van der Waals surface area contributed by atoms with Gasteiger partial charge in [0, 0.05) is 18.3 Å². The highest BCUT2D eigenvalue weighted by Crippen LogP contribution is 2.21. The minimum absolute atomic E-state index is 0.186. The number of aromatic nitrogens is 3. The van der Waals surface area contributed by atoms with Crippen LogP contribution in [0.15, 0.2) is 30.6 Å². The molecule has 0 saturated heterocycles. The van der Waals surface area contributed by atoms with E-state index >= 15 is 0 Å². The summed E-state index contributed by atoms with van der Waals surface area (Å²) in [5, 5.41) is 10.3. The van der Waals surface area contributed by atoms with Crippen LogP contribution in [0.2, 0.25) is 0 Å². The van der Waals surface area contributed by atoms with Gasteiger partial charge in [-0.1, -0.05) is 5.21 Å². The zero-order valence-corrected chi connectivity index (χ0v) is 10.5. The second-order valence-corrected chi connectivity index (χ2v) is 3.88. The van der Waals surface area contributed by atoms with Crippen LogP contribution < -0.4 is 15.8 Å². The Kier molecular flexibility index (Phi) is 3.97. The van der Waals surface area contributed by atoms with Crippen LogP contribution in [0.4, 0.5) is 5.69 Å². The number of anilines is 1. The molecule has 0 aliphatic heterocycles. The normalized spacial score (nSPS) is 10.2. The Bertz CT molecular complexity index is 553. The lowest BCUT2D eigenvalue weighted by atomic mass is 10.2. The number of methoxy groups -OCH3 is 1. The first-order chi connectivity index (χ1) is 9.20. The summed E-state index contributed by atoms with van der Waals surface area (Å²) < 4.78 is 6.68. The van der Waals surface area contributed by atoms with Gasteiger partial charge in [0.05, 0.1) is 25.5 Å². The Balaban J connectivity index is 1.91. The van der Waals surface area contributed by atoms with E-state index in [1.807, 2.05) is 0 Å². The Labute approximate surface area is 110 Å². The van der Waals surface area contributed by atoms with E-state index in [0.29, 0.717) is 30.1 Å². The van der Waals surface area contributed by atoms with Crippen LogP contribution in [-0.4, -0.2) is 34.6 Å². The predicted octanol–water partition coefficient (Wildman–Crippen LogP) is 0.299. The van der Waals surface area contributed by atoms with Crippen LogP contribution in [-0.2, 0) is 6.54 Å². The van der Waals surface area contributed by atoms with Crippen molar-refractivity contribution in [1.82, 2.24) is 20.3 Å². The first-order valence-corrected chi connectivity index (χ1v) is 5.76. The number of benzene rings is 1. The molecule has 0 fully saturated rings. The number of nitrogens with two attached hydrogens (primary N) is 1. The number of nitrogen functional groups attached to an aromatic ring is 1. The van der Waals surface area contributed by atoms with Crippen LogP contribution in [0.1, 0.15) is 10.4 Å². The van der Waals surface area contributed by atoms with E-state index in [1.165, 1.54) is 7.11 Å². The van der Waals surface area contributed by atoms with Crippen LogP contribution >= 0.6 is 0 Å².